The van der Waals surface area contributed by atoms with Crippen molar-refractivity contribution >= 4 is 40.1 Å². The van der Waals surface area contributed by atoms with E-state index < -0.39 is 10.2 Å². The maximum atomic E-state index is 13.0. The molecule has 1 amide bonds. The zero-order valence-corrected chi connectivity index (χ0v) is 19.5. The lowest BCUT2D eigenvalue weighted by Crippen LogP contribution is -2.23. The van der Waals surface area contributed by atoms with Crippen LogP contribution in [0.15, 0.2) is 71.9 Å². The maximum Gasteiger partial charge on any atom is 0.271 e. The monoisotopic (exact) mass is 478 g/mol. The number of hydrogen-bond donors (Lipinski definition) is 1. The lowest BCUT2D eigenvalue weighted by atomic mass is 10.2. The van der Waals surface area contributed by atoms with Crippen LogP contribution in [-0.4, -0.2) is 39.9 Å². The normalized spacial score (nSPS) is 11.7. The van der Waals surface area contributed by atoms with Crippen molar-refractivity contribution in [3.63, 3.8) is 0 Å². The molecule has 34 heavy (non-hydrogen) atoms. The van der Waals surface area contributed by atoms with Crippen LogP contribution in [0.25, 0.3) is 16.7 Å². The number of carbonyl (C=O) groups excluding carboxylic acids is 1. The SMILES string of the molecule is COc1ccccc1NC(=O)[C@H](C)Sc1nc2cc([N+](=O)[O-])ccc2n1-c1ccccc1OC. The molecule has 0 aliphatic carbocycles. The second-order valence-corrected chi connectivity index (χ2v) is 8.59. The first-order chi connectivity index (χ1) is 16.4. The number of rotatable bonds is 8. The molecule has 4 rings (SSSR count). The summed E-state index contributed by atoms with van der Waals surface area (Å²) in [5.74, 6) is 0.925. The fourth-order valence-electron chi connectivity index (χ4n) is 3.48. The van der Waals surface area contributed by atoms with Gasteiger partial charge in [0.1, 0.15) is 11.5 Å². The summed E-state index contributed by atoms with van der Waals surface area (Å²) in [6.45, 7) is 1.77. The van der Waals surface area contributed by atoms with Crippen LogP contribution in [0.2, 0.25) is 0 Å². The van der Waals surface area contributed by atoms with E-state index in [1.165, 1.54) is 31.0 Å². The van der Waals surface area contributed by atoms with E-state index in [4.69, 9.17) is 9.47 Å². The highest BCUT2D eigenvalue weighted by Gasteiger charge is 2.23. The standard InChI is InChI=1S/C24H22N4O5S/c1-15(23(29)25-17-8-4-6-10-21(17)32-2)34-24-26-18-14-16(28(30)31)12-13-19(18)27(24)20-9-5-7-11-22(20)33-3/h4-15H,1-3H3,(H,25,29)/t15-/m0/s1. The molecule has 0 saturated carbocycles. The van der Waals surface area contributed by atoms with Gasteiger partial charge in [-0.15, -0.1) is 0 Å². The summed E-state index contributed by atoms with van der Waals surface area (Å²) in [4.78, 5) is 28.4. The summed E-state index contributed by atoms with van der Waals surface area (Å²) in [5, 5.41) is 14.1. The Labute approximate surface area is 199 Å². The van der Waals surface area contributed by atoms with Gasteiger partial charge < -0.3 is 14.8 Å². The number of benzene rings is 3. The first kappa shape index (κ1) is 23.1. The molecule has 1 atom stereocenters. The zero-order valence-electron chi connectivity index (χ0n) is 18.7. The predicted molar refractivity (Wildman–Crippen MR) is 131 cm³/mol. The van der Waals surface area contributed by atoms with E-state index in [1.54, 1.807) is 32.2 Å². The van der Waals surface area contributed by atoms with Crippen molar-refractivity contribution in [1.82, 2.24) is 9.55 Å². The molecule has 0 aliphatic rings. The van der Waals surface area contributed by atoms with Gasteiger partial charge in [0.15, 0.2) is 5.16 Å². The van der Waals surface area contributed by atoms with Crippen LogP contribution >= 0.6 is 11.8 Å². The van der Waals surface area contributed by atoms with E-state index in [0.717, 1.165) is 0 Å². The molecule has 0 bridgehead atoms. The van der Waals surface area contributed by atoms with Gasteiger partial charge in [0.05, 0.1) is 46.8 Å². The molecule has 4 aromatic rings. The van der Waals surface area contributed by atoms with Gasteiger partial charge in [-0.05, 0) is 37.3 Å². The number of nitro benzene ring substituents is 1. The van der Waals surface area contributed by atoms with Crippen LogP contribution in [0.5, 0.6) is 11.5 Å². The van der Waals surface area contributed by atoms with E-state index in [2.05, 4.69) is 10.3 Å². The number of ether oxygens (including phenoxy) is 2. The summed E-state index contributed by atoms with van der Waals surface area (Å²) in [6.07, 6.45) is 0. The molecule has 10 heteroatoms. The molecular weight excluding hydrogens is 456 g/mol. The Balaban J connectivity index is 1.73. The average molecular weight is 479 g/mol. The van der Waals surface area contributed by atoms with Crippen LogP contribution < -0.4 is 14.8 Å². The first-order valence-electron chi connectivity index (χ1n) is 10.3. The third kappa shape index (κ3) is 4.53. The quantitative estimate of drug-likeness (QED) is 0.214. The number of imidazole rings is 1. The number of amides is 1. The fraction of sp³-hybridized carbons (Fsp3) is 0.167. The van der Waals surface area contributed by atoms with Crippen molar-refractivity contribution < 1.29 is 19.2 Å². The van der Waals surface area contributed by atoms with E-state index in [0.29, 0.717) is 39.1 Å². The average Bonchev–Trinajstić information content (AvgIpc) is 3.20. The van der Waals surface area contributed by atoms with Gasteiger partial charge in [0.25, 0.3) is 5.69 Å². The van der Waals surface area contributed by atoms with Crippen molar-refractivity contribution in [2.45, 2.75) is 17.3 Å². The van der Waals surface area contributed by atoms with Crippen molar-refractivity contribution in [3.8, 4) is 17.2 Å². The Kier molecular flexibility index (Phi) is 6.69. The van der Waals surface area contributed by atoms with Crippen molar-refractivity contribution in [2.75, 3.05) is 19.5 Å². The van der Waals surface area contributed by atoms with E-state index in [-0.39, 0.29) is 11.6 Å². The van der Waals surface area contributed by atoms with Gasteiger partial charge in [-0.25, -0.2) is 4.98 Å². The zero-order chi connectivity index (χ0) is 24.2. The number of para-hydroxylation sites is 4. The minimum absolute atomic E-state index is 0.0595. The fourth-order valence-corrected chi connectivity index (χ4v) is 4.42. The molecule has 0 unspecified atom stereocenters. The molecule has 0 radical (unpaired) electrons. The first-order valence-corrected chi connectivity index (χ1v) is 11.2. The number of fused-ring (bicyclic) bond motifs is 1. The lowest BCUT2D eigenvalue weighted by Gasteiger charge is -2.16. The number of thioether (sulfide) groups is 1. The summed E-state index contributed by atoms with van der Waals surface area (Å²) in [5.41, 5.74) is 2.32. The number of hydrogen-bond acceptors (Lipinski definition) is 7. The largest absolute Gasteiger partial charge is 0.495 e. The van der Waals surface area contributed by atoms with Crippen LogP contribution in [0.4, 0.5) is 11.4 Å². The highest BCUT2D eigenvalue weighted by Crippen LogP contribution is 2.35. The van der Waals surface area contributed by atoms with Crippen LogP contribution in [0.3, 0.4) is 0 Å². The minimum Gasteiger partial charge on any atom is -0.495 e. The number of carbonyl (C=O) groups is 1. The number of nitrogens with one attached hydrogen (secondary N) is 1. The molecule has 3 aromatic carbocycles. The maximum absolute atomic E-state index is 13.0. The molecule has 1 N–H and O–H groups in total. The van der Waals surface area contributed by atoms with Crippen molar-refractivity contribution in [2.24, 2.45) is 0 Å². The Morgan fingerprint density at radius 3 is 2.44 bits per heavy atom. The highest BCUT2D eigenvalue weighted by molar-refractivity contribution is 8.00. The Bertz CT molecular complexity index is 1370. The molecular formula is C24H22N4O5S. The van der Waals surface area contributed by atoms with Gasteiger partial charge in [-0.2, -0.15) is 0 Å². The molecule has 0 spiro atoms. The van der Waals surface area contributed by atoms with Crippen molar-refractivity contribution in [3.05, 3.63) is 76.8 Å². The van der Waals surface area contributed by atoms with Gasteiger partial charge >= 0.3 is 0 Å². The van der Waals surface area contributed by atoms with Gasteiger partial charge in [0, 0.05) is 12.1 Å². The second kappa shape index (κ2) is 9.84. The third-order valence-electron chi connectivity index (χ3n) is 5.16. The second-order valence-electron chi connectivity index (χ2n) is 7.28. The molecule has 0 saturated heterocycles. The molecule has 9 nitrogen and oxygen atoms in total. The van der Waals surface area contributed by atoms with Gasteiger partial charge in [0.2, 0.25) is 5.91 Å². The van der Waals surface area contributed by atoms with E-state index >= 15 is 0 Å². The predicted octanol–water partition coefficient (Wildman–Crippen LogP) is 5.07. The number of nitro groups is 1. The summed E-state index contributed by atoms with van der Waals surface area (Å²) >= 11 is 1.24. The van der Waals surface area contributed by atoms with Crippen molar-refractivity contribution in [1.29, 1.82) is 0 Å². The Morgan fingerprint density at radius 1 is 1.06 bits per heavy atom. The number of aromatic nitrogens is 2. The smallest absolute Gasteiger partial charge is 0.271 e. The number of non-ortho nitro benzene ring substituents is 1. The molecule has 0 aliphatic heterocycles. The van der Waals surface area contributed by atoms with Gasteiger partial charge in [-0.1, -0.05) is 36.0 Å². The molecule has 1 aromatic heterocycles. The van der Waals surface area contributed by atoms with Crippen LogP contribution in [0.1, 0.15) is 6.92 Å². The highest BCUT2D eigenvalue weighted by atomic mass is 32.2. The Morgan fingerprint density at radius 2 is 1.74 bits per heavy atom. The Hall–Kier alpha value is -4.05. The molecule has 0 fully saturated rings. The molecule has 1 heterocycles. The van der Waals surface area contributed by atoms with Gasteiger partial charge in [-0.3, -0.25) is 19.5 Å². The summed E-state index contributed by atoms with van der Waals surface area (Å²) in [6, 6.07) is 19.1. The number of methoxy groups -OCH3 is 2. The van der Waals surface area contributed by atoms with Crippen LogP contribution in [-0.2, 0) is 4.79 Å². The number of anilines is 1. The third-order valence-corrected chi connectivity index (χ3v) is 6.21. The summed E-state index contributed by atoms with van der Waals surface area (Å²) in [7, 11) is 3.11. The topological polar surface area (TPSA) is 109 Å². The van der Waals surface area contributed by atoms with E-state index in [1.807, 2.05) is 41.0 Å². The number of nitrogens with zero attached hydrogens (tertiary/aromatic N) is 3. The lowest BCUT2D eigenvalue weighted by molar-refractivity contribution is -0.384. The van der Waals surface area contributed by atoms with Crippen LogP contribution in [0, 0.1) is 10.1 Å². The summed E-state index contributed by atoms with van der Waals surface area (Å²) < 4.78 is 12.7. The minimum atomic E-state index is -0.537. The molecule has 174 valence electrons. The van der Waals surface area contributed by atoms with E-state index in [9.17, 15) is 14.9 Å².